The van der Waals surface area contributed by atoms with Crippen LogP contribution in [0.4, 0.5) is 4.39 Å². The van der Waals surface area contributed by atoms with Crippen molar-refractivity contribution < 1.29 is 4.39 Å². The Morgan fingerprint density at radius 1 is 1.43 bits per heavy atom. The smallest absolute Gasteiger partial charge is 0.128 e. The fourth-order valence-corrected chi connectivity index (χ4v) is 4.35. The Morgan fingerprint density at radius 2 is 2.24 bits per heavy atom. The number of nitrogens with zero attached hydrogens (tertiary/aromatic N) is 2. The van der Waals surface area contributed by atoms with Crippen LogP contribution in [0.2, 0.25) is 0 Å². The van der Waals surface area contributed by atoms with Crippen LogP contribution in [-0.4, -0.2) is 21.1 Å². The van der Waals surface area contributed by atoms with Crippen molar-refractivity contribution in [3.05, 3.63) is 29.3 Å². The summed E-state index contributed by atoms with van der Waals surface area (Å²) < 4.78 is 16.0. The SMILES string of the molecule is CSC1CCCC(n2c(CCl)nc3cc(F)c(C)cc32)C1. The number of hydrogen-bond acceptors (Lipinski definition) is 2. The van der Waals surface area contributed by atoms with Crippen LogP contribution in [0.5, 0.6) is 0 Å². The van der Waals surface area contributed by atoms with E-state index < -0.39 is 0 Å². The molecule has 2 aromatic rings. The van der Waals surface area contributed by atoms with Crippen LogP contribution in [0.1, 0.15) is 43.1 Å². The molecule has 1 saturated carbocycles. The van der Waals surface area contributed by atoms with Gasteiger partial charge in [0.2, 0.25) is 0 Å². The average Bonchev–Trinajstić information content (AvgIpc) is 2.85. The summed E-state index contributed by atoms with van der Waals surface area (Å²) in [4.78, 5) is 4.54. The van der Waals surface area contributed by atoms with Crippen LogP contribution in [0, 0.1) is 12.7 Å². The minimum absolute atomic E-state index is 0.195. The molecule has 5 heteroatoms. The van der Waals surface area contributed by atoms with E-state index in [2.05, 4.69) is 15.8 Å². The Balaban J connectivity index is 2.09. The summed E-state index contributed by atoms with van der Waals surface area (Å²) in [5.41, 5.74) is 2.42. The summed E-state index contributed by atoms with van der Waals surface area (Å²) in [6.07, 6.45) is 7.00. The zero-order valence-corrected chi connectivity index (χ0v) is 14.0. The van der Waals surface area contributed by atoms with Gasteiger partial charge in [0, 0.05) is 17.4 Å². The number of benzene rings is 1. The quantitative estimate of drug-likeness (QED) is 0.733. The van der Waals surface area contributed by atoms with E-state index >= 15 is 0 Å². The van der Waals surface area contributed by atoms with Gasteiger partial charge in [-0.15, -0.1) is 11.6 Å². The van der Waals surface area contributed by atoms with Gasteiger partial charge in [0.1, 0.15) is 11.6 Å². The summed E-state index contributed by atoms with van der Waals surface area (Å²) in [5.74, 6) is 1.04. The second-order valence-corrected chi connectivity index (χ2v) is 7.21. The van der Waals surface area contributed by atoms with Gasteiger partial charge in [-0.05, 0) is 44.1 Å². The largest absolute Gasteiger partial charge is 0.324 e. The van der Waals surface area contributed by atoms with Crippen molar-refractivity contribution in [1.82, 2.24) is 9.55 Å². The number of aryl methyl sites for hydroxylation is 1. The molecule has 1 aliphatic carbocycles. The van der Waals surface area contributed by atoms with Gasteiger partial charge in [-0.25, -0.2) is 9.37 Å². The molecule has 0 radical (unpaired) electrons. The number of imidazole rings is 1. The maximum atomic E-state index is 13.8. The molecule has 0 saturated heterocycles. The first-order chi connectivity index (χ1) is 10.1. The zero-order chi connectivity index (χ0) is 15.0. The van der Waals surface area contributed by atoms with Crippen molar-refractivity contribution in [3.63, 3.8) is 0 Å². The standard InChI is InChI=1S/C16H20ClFN2S/c1-10-6-15-14(8-13(10)18)19-16(9-17)20(15)11-4-3-5-12(7-11)21-2/h6,8,11-12H,3-5,7,9H2,1-2H3. The molecule has 1 aliphatic rings. The molecule has 1 aromatic carbocycles. The Bertz CT molecular complexity index is 655. The van der Waals surface area contributed by atoms with Crippen molar-refractivity contribution in [2.45, 2.75) is 49.8 Å². The van der Waals surface area contributed by atoms with E-state index in [1.807, 2.05) is 17.8 Å². The van der Waals surface area contributed by atoms with Gasteiger partial charge in [-0.2, -0.15) is 11.8 Å². The van der Waals surface area contributed by atoms with Gasteiger partial charge in [-0.1, -0.05) is 6.42 Å². The lowest BCUT2D eigenvalue weighted by Gasteiger charge is -2.30. The van der Waals surface area contributed by atoms with E-state index in [9.17, 15) is 4.39 Å². The highest BCUT2D eigenvalue weighted by atomic mass is 35.5. The number of hydrogen-bond donors (Lipinski definition) is 0. The number of thioether (sulfide) groups is 1. The highest BCUT2D eigenvalue weighted by molar-refractivity contribution is 7.99. The van der Waals surface area contributed by atoms with E-state index in [4.69, 9.17) is 11.6 Å². The third-order valence-electron chi connectivity index (χ3n) is 4.46. The van der Waals surface area contributed by atoms with E-state index in [0.717, 1.165) is 29.7 Å². The van der Waals surface area contributed by atoms with Crippen molar-refractivity contribution in [1.29, 1.82) is 0 Å². The number of fused-ring (bicyclic) bond motifs is 1. The first kappa shape index (κ1) is 15.2. The highest BCUT2D eigenvalue weighted by Gasteiger charge is 2.26. The van der Waals surface area contributed by atoms with E-state index in [1.54, 1.807) is 6.92 Å². The van der Waals surface area contributed by atoms with Crippen molar-refractivity contribution in [2.75, 3.05) is 6.26 Å². The minimum atomic E-state index is -0.195. The number of halogens is 2. The van der Waals surface area contributed by atoms with Gasteiger partial charge in [0.15, 0.2) is 0 Å². The molecule has 0 N–H and O–H groups in total. The van der Waals surface area contributed by atoms with Crippen LogP contribution in [0.25, 0.3) is 11.0 Å². The predicted molar refractivity (Wildman–Crippen MR) is 88.8 cm³/mol. The Hall–Kier alpha value is -0.740. The van der Waals surface area contributed by atoms with Crippen molar-refractivity contribution in [2.24, 2.45) is 0 Å². The summed E-state index contributed by atoms with van der Waals surface area (Å²) in [7, 11) is 0. The lowest BCUT2D eigenvalue weighted by atomic mass is 9.94. The monoisotopic (exact) mass is 326 g/mol. The lowest BCUT2D eigenvalue weighted by molar-refractivity contribution is 0.362. The normalized spacial score (nSPS) is 22.9. The summed E-state index contributed by atoms with van der Waals surface area (Å²) in [6.45, 7) is 1.80. The Labute approximate surface area is 134 Å². The molecule has 1 aromatic heterocycles. The maximum Gasteiger partial charge on any atom is 0.128 e. The summed E-state index contributed by atoms with van der Waals surface area (Å²) >= 11 is 8.03. The molecule has 1 heterocycles. The van der Waals surface area contributed by atoms with Gasteiger partial charge in [0.05, 0.1) is 16.9 Å². The molecule has 2 unspecified atom stereocenters. The predicted octanol–water partition coefficient (Wildman–Crippen LogP) is 5.07. The third-order valence-corrected chi connectivity index (χ3v) is 5.79. The van der Waals surface area contributed by atoms with Crippen LogP contribution in [-0.2, 0) is 5.88 Å². The lowest BCUT2D eigenvalue weighted by Crippen LogP contribution is -2.21. The Kier molecular flexibility index (Phi) is 4.46. The van der Waals surface area contributed by atoms with Gasteiger partial charge < -0.3 is 4.57 Å². The average molecular weight is 327 g/mol. The molecule has 0 spiro atoms. The van der Waals surface area contributed by atoms with Crippen LogP contribution < -0.4 is 0 Å². The second kappa shape index (κ2) is 6.17. The van der Waals surface area contributed by atoms with E-state index in [-0.39, 0.29) is 5.82 Å². The molecular weight excluding hydrogens is 307 g/mol. The van der Waals surface area contributed by atoms with Gasteiger partial charge in [0.25, 0.3) is 0 Å². The minimum Gasteiger partial charge on any atom is -0.324 e. The molecule has 2 atom stereocenters. The molecule has 1 fully saturated rings. The van der Waals surface area contributed by atoms with Crippen LogP contribution >= 0.6 is 23.4 Å². The molecule has 0 aliphatic heterocycles. The molecule has 21 heavy (non-hydrogen) atoms. The summed E-state index contributed by atoms with van der Waals surface area (Å²) in [6, 6.07) is 3.88. The number of aromatic nitrogens is 2. The highest BCUT2D eigenvalue weighted by Crippen LogP contribution is 2.37. The van der Waals surface area contributed by atoms with Gasteiger partial charge in [-0.3, -0.25) is 0 Å². The van der Waals surface area contributed by atoms with Crippen molar-refractivity contribution in [3.8, 4) is 0 Å². The van der Waals surface area contributed by atoms with E-state index in [1.165, 1.54) is 18.9 Å². The Morgan fingerprint density at radius 3 is 2.95 bits per heavy atom. The topological polar surface area (TPSA) is 17.8 Å². The molecule has 114 valence electrons. The number of alkyl halides is 1. The summed E-state index contributed by atoms with van der Waals surface area (Å²) in [5, 5.41) is 0.700. The van der Waals surface area contributed by atoms with Crippen LogP contribution in [0.15, 0.2) is 12.1 Å². The first-order valence-corrected chi connectivity index (χ1v) is 9.22. The zero-order valence-electron chi connectivity index (χ0n) is 12.4. The first-order valence-electron chi connectivity index (χ1n) is 7.39. The maximum absolute atomic E-state index is 13.8. The molecule has 2 nitrogen and oxygen atoms in total. The fourth-order valence-electron chi connectivity index (χ4n) is 3.34. The van der Waals surface area contributed by atoms with Gasteiger partial charge >= 0.3 is 0 Å². The molecule has 0 bridgehead atoms. The molecule has 3 rings (SSSR count). The van der Waals surface area contributed by atoms with Crippen molar-refractivity contribution >= 4 is 34.4 Å². The van der Waals surface area contributed by atoms with Crippen LogP contribution in [0.3, 0.4) is 0 Å². The van der Waals surface area contributed by atoms with E-state index in [0.29, 0.717) is 22.7 Å². The fraction of sp³-hybridized carbons (Fsp3) is 0.562. The third kappa shape index (κ3) is 2.80. The molecule has 0 amide bonds. The second-order valence-electron chi connectivity index (χ2n) is 5.80. The number of rotatable bonds is 3. The molecular formula is C16H20ClFN2S.